The predicted octanol–water partition coefficient (Wildman–Crippen LogP) is 2.68. The number of likely N-dealkylation sites (N-methyl/N-ethyl adjacent to an activating group) is 1. The molecule has 0 aromatic heterocycles. The van der Waals surface area contributed by atoms with Crippen molar-refractivity contribution in [3.63, 3.8) is 0 Å². The van der Waals surface area contributed by atoms with Crippen molar-refractivity contribution in [2.24, 2.45) is 0 Å². The van der Waals surface area contributed by atoms with Crippen molar-refractivity contribution in [1.82, 2.24) is 10.2 Å². The minimum Gasteiger partial charge on any atom is -0.480 e. The van der Waals surface area contributed by atoms with Gasteiger partial charge in [-0.15, -0.1) is 0 Å². The summed E-state index contributed by atoms with van der Waals surface area (Å²) in [5.74, 6) is -3.22. The highest BCUT2D eigenvalue weighted by Gasteiger charge is 2.34. The molecule has 0 atom stereocenters. The summed E-state index contributed by atoms with van der Waals surface area (Å²) in [4.78, 5) is 24.4. The summed E-state index contributed by atoms with van der Waals surface area (Å²) in [6.45, 7) is 2.42. The molecule has 1 aliphatic rings. The molecule has 2 rings (SSSR count). The molecular formula is C15H18ClF2N3O3. The molecule has 0 saturated heterocycles. The van der Waals surface area contributed by atoms with E-state index in [9.17, 15) is 18.4 Å². The highest BCUT2D eigenvalue weighted by molar-refractivity contribution is 6.30. The topological polar surface area (TPSA) is 81.7 Å². The fourth-order valence-corrected chi connectivity index (χ4v) is 2.87. The Hall–Kier alpha value is -1.93. The van der Waals surface area contributed by atoms with Gasteiger partial charge in [0.25, 0.3) is 0 Å². The normalized spacial score (nSPS) is 19.7. The molecule has 24 heavy (non-hydrogen) atoms. The van der Waals surface area contributed by atoms with Gasteiger partial charge in [0.15, 0.2) is 11.6 Å². The molecule has 0 unspecified atom stereocenters. The molecule has 1 saturated carbocycles. The number of nitrogens with one attached hydrogen (secondary N) is 2. The average molecular weight is 362 g/mol. The van der Waals surface area contributed by atoms with E-state index in [0.717, 1.165) is 12.1 Å². The number of nitrogens with zero attached hydrogens (tertiary/aromatic N) is 1. The maximum Gasteiger partial charge on any atom is 0.319 e. The van der Waals surface area contributed by atoms with Gasteiger partial charge in [0, 0.05) is 17.1 Å². The number of anilines is 1. The number of hydrogen-bond donors (Lipinski definition) is 3. The fraction of sp³-hybridized carbons (Fsp3) is 0.467. The fourth-order valence-electron chi connectivity index (χ4n) is 2.67. The van der Waals surface area contributed by atoms with Crippen LogP contribution in [0.4, 0.5) is 19.3 Å². The Labute approximate surface area is 142 Å². The van der Waals surface area contributed by atoms with Crippen LogP contribution in [0.5, 0.6) is 0 Å². The summed E-state index contributed by atoms with van der Waals surface area (Å²) < 4.78 is 26.8. The molecule has 6 nitrogen and oxygen atoms in total. The van der Waals surface area contributed by atoms with Gasteiger partial charge in [-0.05, 0) is 31.5 Å². The number of rotatable bonds is 6. The number of benzene rings is 1. The molecule has 2 amide bonds. The number of carboxylic acids is 1. The monoisotopic (exact) mass is 361 g/mol. The maximum absolute atomic E-state index is 13.6. The molecule has 0 aliphatic heterocycles. The molecule has 1 fully saturated rings. The first kappa shape index (κ1) is 18.4. The number of carboxylic acid groups (broad SMARTS) is 1. The lowest BCUT2D eigenvalue weighted by Gasteiger charge is -2.42. The standard InChI is InChI=1S/C15H18ClF2N3O3/c1-2-21(7-13(22)23)10-5-9(6-10)19-15(24)20-12-4-8(16)3-11(17)14(12)18/h3-4,9-10H,2,5-7H2,1H3,(H,22,23)(H2,19,20,24). The molecule has 132 valence electrons. The van der Waals surface area contributed by atoms with Gasteiger partial charge in [0.2, 0.25) is 0 Å². The van der Waals surface area contributed by atoms with E-state index in [1.807, 2.05) is 11.8 Å². The summed E-state index contributed by atoms with van der Waals surface area (Å²) in [6.07, 6.45) is 1.20. The number of hydrogen-bond acceptors (Lipinski definition) is 3. The Bertz CT molecular complexity index is 639. The van der Waals surface area contributed by atoms with Crippen molar-refractivity contribution in [2.75, 3.05) is 18.4 Å². The molecule has 0 bridgehead atoms. The van der Waals surface area contributed by atoms with Crippen LogP contribution in [0.2, 0.25) is 5.02 Å². The quantitative estimate of drug-likeness (QED) is 0.680. The highest BCUT2D eigenvalue weighted by Crippen LogP contribution is 2.26. The van der Waals surface area contributed by atoms with Gasteiger partial charge in [0.05, 0.1) is 12.2 Å². The zero-order chi connectivity index (χ0) is 17.9. The molecule has 1 aromatic rings. The van der Waals surface area contributed by atoms with E-state index >= 15 is 0 Å². The summed E-state index contributed by atoms with van der Waals surface area (Å²) in [5.41, 5.74) is -0.338. The number of urea groups is 1. The summed E-state index contributed by atoms with van der Waals surface area (Å²) in [7, 11) is 0. The van der Waals surface area contributed by atoms with E-state index in [-0.39, 0.29) is 29.3 Å². The smallest absolute Gasteiger partial charge is 0.319 e. The first-order valence-corrected chi connectivity index (χ1v) is 7.85. The Morgan fingerprint density at radius 2 is 2.04 bits per heavy atom. The van der Waals surface area contributed by atoms with E-state index < -0.39 is 23.6 Å². The number of carbonyl (C=O) groups excluding carboxylic acids is 1. The Balaban J connectivity index is 1.84. The van der Waals surface area contributed by atoms with Crippen LogP contribution in [0, 0.1) is 11.6 Å². The second-order valence-electron chi connectivity index (χ2n) is 5.63. The van der Waals surface area contributed by atoms with Crippen LogP contribution in [-0.2, 0) is 4.79 Å². The van der Waals surface area contributed by atoms with Crippen LogP contribution in [0.15, 0.2) is 12.1 Å². The van der Waals surface area contributed by atoms with Gasteiger partial charge in [0.1, 0.15) is 0 Å². The number of carbonyl (C=O) groups is 2. The molecule has 9 heteroatoms. The summed E-state index contributed by atoms with van der Waals surface area (Å²) in [6, 6.07) is 1.20. The van der Waals surface area contributed by atoms with Crippen LogP contribution in [0.25, 0.3) is 0 Å². The first-order valence-electron chi connectivity index (χ1n) is 7.48. The lowest BCUT2D eigenvalue weighted by Crippen LogP contribution is -2.55. The first-order chi connectivity index (χ1) is 11.3. The number of amides is 2. The molecule has 1 aliphatic carbocycles. The minimum atomic E-state index is -1.18. The van der Waals surface area contributed by atoms with Gasteiger partial charge in [-0.2, -0.15) is 0 Å². The summed E-state index contributed by atoms with van der Waals surface area (Å²) in [5, 5.41) is 13.7. The van der Waals surface area contributed by atoms with Crippen LogP contribution in [-0.4, -0.2) is 47.2 Å². The molecule has 3 N–H and O–H groups in total. The van der Waals surface area contributed by atoms with Gasteiger partial charge in [-0.25, -0.2) is 13.6 Å². The zero-order valence-electron chi connectivity index (χ0n) is 13.0. The zero-order valence-corrected chi connectivity index (χ0v) is 13.7. The molecule has 0 radical (unpaired) electrons. The maximum atomic E-state index is 13.6. The third-order valence-corrected chi connectivity index (χ3v) is 4.17. The Kier molecular flexibility index (Phi) is 5.95. The van der Waals surface area contributed by atoms with Gasteiger partial charge >= 0.3 is 12.0 Å². The van der Waals surface area contributed by atoms with Crippen molar-refractivity contribution >= 4 is 29.3 Å². The molecule has 0 heterocycles. The number of aliphatic carboxylic acids is 1. The third-order valence-electron chi connectivity index (χ3n) is 3.95. The van der Waals surface area contributed by atoms with Gasteiger partial charge in [-0.1, -0.05) is 18.5 Å². The van der Waals surface area contributed by atoms with Crippen molar-refractivity contribution in [3.8, 4) is 0 Å². The second kappa shape index (κ2) is 7.76. The lowest BCUT2D eigenvalue weighted by atomic mass is 9.85. The average Bonchev–Trinajstić information content (AvgIpc) is 2.45. The van der Waals surface area contributed by atoms with E-state index in [0.29, 0.717) is 19.4 Å². The van der Waals surface area contributed by atoms with E-state index in [1.54, 1.807) is 0 Å². The lowest BCUT2D eigenvalue weighted by molar-refractivity contribution is -0.139. The molecular weight excluding hydrogens is 344 g/mol. The second-order valence-corrected chi connectivity index (χ2v) is 6.06. The van der Waals surface area contributed by atoms with Crippen molar-refractivity contribution < 1.29 is 23.5 Å². The van der Waals surface area contributed by atoms with Gasteiger partial charge in [-0.3, -0.25) is 9.69 Å². The van der Waals surface area contributed by atoms with E-state index in [1.165, 1.54) is 0 Å². The third kappa shape index (κ3) is 4.55. The van der Waals surface area contributed by atoms with Crippen LogP contribution < -0.4 is 10.6 Å². The summed E-state index contributed by atoms with van der Waals surface area (Å²) >= 11 is 5.63. The minimum absolute atomic E-state index is 0.0276. The van der Waals surface area contributed by atoms with E-state index in [4.69, 9.17) is 16.7 Å². The SMILES string of the molecule is CCN(CC(=O)O)C1CC(NC(=O)Nc2cc(Cl)cc(F)c2F)C1. The Morgan fingerprint density at radius 3 is 2.62 bits per heavy atom. The van der Waals surface area contributed by atoms with Crippen molar-refractivity contribution in [3.05, 3.63) is 28.8 Å². The highest BCUT2D eigenvalue weighted by atomic mass is 35.5. The van der Waals surface area contributed by atoms with Crippen molar-refractivity contribution in [2.45, 2.75) is 31.8 Å². The Morgan fingerprint density at radius 1 is 1.38 bits per heavy atom. The van der Waals surface area contributed by atoms with Crippen LogP contribution in [0.1, 0.15) is 19.8 Å². The van der Waals surface area contributed by atoms with Crippen LogP contribution in [0.3, 0.4) is 0 Å². The van der Waals surface area contributed by atoms with Gasteiger partial charge < -0.3 is 15.7 Å². The van der Waals surface area contributed by atoms with Crippen molar-refractivity contribution in [1.29, 1.82) is 0 Å². The largest absolute Gasteiger partial charge is 0.480 e. The molecule has 0 spiro atoms. The molecule has 1 aromatic carbocycles. The predicted molar refractivity (Wildman–Crippen MR) is 85.2 cm³/mol. The van der Waals surface area contributed by atoms with Crippen LogP contribution >= 0.6 is 11.6 Å². The van der Waals surface area contributed by atoms with E-state index in [2.05, 4.69) is 10.6 Å². The number of halogens is 3.